The van der Waals surface area contributed by atoms with Gasteiger partial charge in [-0.05, 0) is 18.1 Å². The molecule has 0 spiro atoms. The minimum atomic E-state index is -1.29. The van der Waals surface area contributed by atoms with Crippen molar-refractivity contribution < 1.29 is 0 Å². The van der Waals surface area contributed by atoms with Gasteiger partial charge in [0.05, 0.1) is 0 Å². The summed E-state index contributed by atoms with van der Waals surface area (Å²) in [6, 6.07) is 3.84. The standard InChI is InChI=1S/C12H27ClSi/c1-4-7-8-9-10-11-12-14(13,5-2)6-3/h4-12H2,1-3H3. The van der Waals surface area contributed by atoms with Gasteiger partial charge in [-0.3, -0.25) is 0 Å². The first-order valence-corrected chi connectivity index (χ1v) is 10.0. The minimum absolute atomic E-state index is 1.25. The van der Waals surface area contributed by atoms with Crippen LogP contribution in [-0.2, 0) is 0 Å². The van der Waals surface area contributed by atoms with E-state index < -0.39 is 7.38 Å². The van der Waals surface area contributed by atoms with Gasteiger partial charge >= 0.3 is 0 Å². The molecule has 0 aromatic rings. The fourth-order valence-electron chi connectivity index (χ4n) is 1.83. The number of unbranched alkanes of at least 4 members (excludes halogenated alkanes) is 5. The Morgan fingerprint density at radius 1 is 0.786 bits per heavy atom. The van der Waals surface area contributed by atoms with E-state index in [1.807, 2.05) is 0 Å². The third kappa shape index (κ3) is 6.89. The molecular weight excluding hydrogens is 208 g/mol. The predicted octanol–water partition coefficient (Wildman–Crippen LogP) is 5.57. The fraction of sp³-hybridized carbons (Fsp3) is 1.00. The van der Waals surface area contributed by atoms with Crippen molar-refractivity contribution in [3.05, 3.63) is 0 Å². The van der Waals surface area contributed by atoms with Gasteiger partial charge in [-0.2, -0.15) is 11.1 Å². The lowest BCUT2D eigenvalue weighted by molar-refractivity contribution is 0.622. The average molecular weight is 235 g/mol. The summed E-state index contributed by atoms with van der Waals surface area (Å²) in [6.07, 6.45) is 8.37. The molecule has 0 atom stereocenters. The zero-order valence-corrected chi connectivity index (χ0v) is 12.0. The van der Waals surface area contributed by atoms with Gasteiger partial charge in [0.1, 0.15) is 0 Å². The van der Waals surface area contributed by atoms with Gasteiger partial charge in [-0.1, -0.05) is 59.3 Å². The summed E-state index contributed by atoms with van der Waals surface area (Å²) in [5.41, 5.74) is 0. The molecular formula is C12H27ClSi. The third-order valence-corrected chi connectivity index (χ3v) is 9.20. The van der Waals surface area contributed by atoms with Gasteiger partial charge in [-0.25, -0.2) is 0 Å². The van der Waals surface area contributed by atoms with E-state index in [9.17, 15) is 0 Å². The first kappa shape index (κ1) is 14.5. The van der Waals surface area contributed by atoms with Crippen LogP contribution in [0.25, 0.3) is 0 Å². The van der Waals surface area contributed by atoms with Crippen LogP contribution >= 0.6 is 11.1 Å². The maximum atomic E-state index is 6.59. The second kappa shape index (κ2) is 8.79. The molecule has 0 rings (SSSR count). The van der Waals surface area contributed by atoms with Crippen molar-refractivity contribution in [1.82, 2.24) is 0 Å². The number of rotatable bonds is 9. The zero-order chi connectivity index (χ0) is 10.9. The molecule has 0 aliphatic rings. The van der Waals surface area contributed by atoms with Crippen molar-refractivity contribution in [1.29, 1.82) is 0 Å². The largest absolute Gasteiger partial charge is 0.167 e. The van der Waals surface area contributed by atoms with Gasteiger partial charge in [0.15, 0.2) is 7.38 Å². The lowest BCUT2D eigenvalue weighted by atomic mass is 10.1. The third-order valence-electron chi connectivity index (χ3n) is 3.25. The summed E-state index contributed by atoms with van der Waals surface area (Å²) in [4.78, 5) is 0. The highest BCUT2D eigenvalue weighted by atomic mass is 35.6. The Hall–Kier alpha value is 0.507. The molecule has 0 amide bonds. The van der Waals surface area contributed by atoms with Crippen LogP contribution in [0.4, 0.5) is 0 Å². The lowest BCUT2D eigenvalue weighted by Crippen LogP contribution is -2.23. The van der Waals surface area contributed by atoms with Crippen molar-refractivity contribution in [2.24, 2.45) is 0 Å². The topological polar surface area (TPSA) is 0 Å². The molecule has 0 bridgehead atoms. The fourth-order valence-corrected chi connectivity index (χ4v) is 4.32. The van der Waals surface area contributed by atoms with Crippen molar-refractivity contribution in [2.45, 2.75) is 77.4 Å². The summed E-state index contributed by atoms with van der Waals surface area (Å²) in [5.74, 6) is 0. The van der Waals surface area contributed by atoms with Crippen LogP contribution in [0.3, 0.4) is 0 Å². The summed E-state index contributed by atoms with van der Waals surface area (Å²) in [7, 11) is -1.29. The summed E-state index contributed by atoms with van der Waals surface area (Å²) >= 11 is 6.59. The van der Waals surface area contributed by atoms with Crippen molar-refractivity contribution in [3.8, 4) is 0 Å². The maximum Gasteiger partial charge on any atom is 0.156 e. The molecule has 0 fully saturated rings. The molecule has 0 nitrogen and oxygen atoms in total. The molecule has 0 N–H and O–H groups in total. The molecule has 0 aromatic carbocycles. The Kier molecular flexibility index (Phi) is 9.10. The van der Waals surface area contributed by atoms with Crippen LogP contribution < -0.4 is 0 Å². The van der Waals surface area contributed by atoms with E-state index in [1.54, 1.807) is 0 Å². The van der Waals surface area contributed by atoms with E-state index >= 15 is 0 Å². The molecule has 0 aromatic heterocycles. The van der Waals surface area contributed by atoms with Crippen molar-refractivity contribution in [3.63, 3.8) is 0 Å². The summed E-state index contributed by atoms with van der Waals surface area (Å²) in [6.45, 7) is 6.80. The van der Waals surface area contributed by atoms with Crippen molar-refractivity contribution >= 4 is 18.5 Å². The minimum Gasteiger partial charge on any atom is -0.167 e. The van der Waals surface area contributed by atoms with E-state index in [-0.39, 0.29) is 0 Å². The van der Waals surface area contributed by atoms with Crippen LogP contribution in [0.2, 0.25) is 18.1 Å². The highest BCUT2D eigenvalue weighted by molar-refractivity contribution is 7.20. The SMILES string of the molecule is CCCCCCCC[Si](Cl)(CC)CC. The van der Waals surface area contributed by atoms with Gasteiger partial charge in [0.25, 0.3) is 0 Å². The van der Waals surface area contributed by atoms with Crippen LogP contribution in [-0.4, -0.2) is 7.38 Å². The number of halogens is 1. The Morgan fingerprint density at radius 3 is 1.79 bits per heavy atom. The highest BCUT2D eigenvalue weighted by Crippen LogP contribution is 2.27. The van der Waals surface area contributed by atoms with Crippen molar-refractivity contribution in [2.75, 3.05) is 0 Å². The molecule has 0 saturated heterocycles. The lowest BCUT2D eigenvalue weighted by Gasteiger charge is -2.20. The number of hydrogen-bond acceptors (Lipinski definition) is 0. The normalized spacial score (nSPS) is 12.0. The molecule has 0 aliphatic heterocycles. The van der Waals surface area contributed by atoms with Gasteiger partial charge < -0.3 is 0 Å². The monoisotopic (exact) mass is 234 g/mol. The van der Waals surface area contributed by atoms with Crippen LogP contribution in [0, 0.1) is 0 Å². The van der Waals surface area contributed by atoms with E-state index in [4.69, 9.17) is 11.1 Å². The molecule has 86 valence electrons. The van der Waals surface area contributed by atoms with Crippen LogP contribution in [0.5, 0.6) is 0 Å². The highest BCUT2D eigenvalue weighted by Gasteiger charge is 2.24. The van der Waals surface area contributed by atoms with Gasteiger partial charge in [-0.15, -0.1) is 0 Å². The van der Waals surface area contributed by atoms with E-state index in [0.29, 0.717) is 0 Å². The van der Waals surface area contributed by atoms with E-state index in [0.717, 1.165) is 0 Å². The van der Waals surface area contributed by atoms with E-state index in [2.05, 4.69) is 20.8 Å². The Balaban J connectivity index is 3.34. The van der Waals surface area contributed by atoms with E-state index in [1.165, 1.54) is 56.7 Å². The smallest absolute Gasteiger partial charge is 0.156 e. The van der Waals surface area contributed by atoms with Gasteiger partial charge in [0.2, 0.25) is 0 Å². The molecule has 0 aliphatic carbocycles. The van der Waals surface area contributed by atoms with Crippen LogP contribution in [0.1, 0.15) is 59.3 Å². The summed E-state index contributed by atoms with van der Waals surface area (Å²) < 4.78 is 0. The maximum absolute atomic E-state index is 6.59. The molecule has 0 radical (unpaired) electrons. The quantitative estimate of drug-likeness (QED) is 0.278. The predicted molar refractivity (Wildman–Crippen MR) is 70.8 cm³/mol. The zero-order valence-electron chi connectivity index (χ0n) is 10.2. The first-order valence-electron chi connectivity index (χ1n) is 6.37. The molecule has 0 unspecified atom stereocenters. The Labute approximate surface area is 96.1 Å². The summed E-state index contributed by atoms with van der Waals surface area (Å²) in [5, 5.41) is 0. The second-order valence-corrected chi connectivity index (χ2v) is 11.0. The Morgan fingerprint density at radius 2 is 1.29 bits per heavy atom. The molecule has 14 heavy (non-hydrogen) atoms. The van der Waals surface area contributed by atoms with Crippen LogP contribution in [0.15, 0.2) is 0 Å². The Bertz CT molecular complexity index is 121. The molecule has 0 saturated carbocycles. The second-order valence-electron chi connectivity index (χ2n) is 4.38. The average Bonchev–Trinajstić information content (AvgIpc) is 2.23. The first-order chi connectivity index (χ1) is 6.68. The number of hydrogen-bond donors (Lipinski definition) is 0. The molecule has 2 heteroatoms. The van der Waals surface area contributed by atoms with Gasteiger partial charge in [0, 0.05) is 0 Å². The molecule has 0 heterocycles.